The lowest BCUT2D eigenvalue weighted by molar-refractivity contribution is -0.143. The molecule has 2 rings (SSSR count). The van der Waals surface area contributed by atoms with Crippen molar-refractivity contribution in [1.29, 1.82) is 0 Å². The van der Waals surface area contributed by atoms with E-state index in [1.54, 1.807) is 19.0 Å². The Bertz CT molecular complexity index is 381. The van der Waals surface area contributed by atoms with Gasteiger partial charge in [0.1, 0.15) is 5.60 Å². The first-order valence-electron chi connectivity index (χ1n) is 7.62. The second-order valence-electron chi connectivity index (χ2n) is 6.61. The van der Waals surface area contributed by atoms with Crippen LogP contribution in [0.25, 0.3) is 0 Å². The first-order valence-corrected chi connectivity index (χ1v) is 7.62. The molecule has 0 aromatic carbocycles. The topological polar surface area (TPSA) is 69.6 Å². The molecule has 0 spiro atoms. The van der Waals surface area contributed by atoms with Crippen LogP contribution in [0.4, 0.5) is 0 Å². The zero-order valence-corrected chi connectivity index (χ0v) is 12.6. The third-order valence-corrected chi connectivity index (χ3v) is 4.86. The van der Waals surface area contributed by atoms with Crippen molar-refractivity contribution in [2.45, 2.75) is 57.0 Å². The van der Waals surface area contributed by atoms with Crippen molar-refractivity contribution in [2.24, 2.45) is 5.41 Å². The highest BCUT2D eigenvalue weighted by Crippen LogP contribution is 2.39. The fraction of sp³-hybridized carbons (Fsp3) is 0.867. The average Bonchev–Trinajstić information content (AvgIpc) is 3.05. The van der Waals surface area contributed by atoms with Gasteiger partial charge in [0.25, 0.3) is 5.91 Å². The van der Waals surface area contributed by atoms with Crippen LogP contribution >= 0.6 is 0 Å². The smallest absolute Gasteiger partial charge is 0.251 e. The molecule has 2 amide bonds. The molecule has 0 unspecified atom stereocenters. The van der Waals surface area contributed by atoms with Crippen LogP contribution in [0, 0.1) is 5.41 Å². The molecule has 0 heterocycles. The van der Waals surface area contributed by atoms with Crippen molar-refractivity contribution in [3.63, 3.8) is 0 Å². The molecule has 0 radical (unpaired) electrons. The maximum Gasteiger partial charge on any atom is 0.251 e. The number of hydrogen-bond donors (Lipinski definition) is 2. The first-order chi connectivity index (χ1) is 9.40. The van der Waals surface area contributed by atoms with Crippen LogP contribution in [0.1, 0.15) is 51.4 Å². The van der Waals surface area contributed by atoms with Gasteiger partial charge in [-0.3, -0.25) is 9.59 Å². The standard InChI is InChI=1S/C15H26N2O3/c1-17(2)13(19)14(7-3-4-8-14)11-16-12(18)15(20)9-5-6-10-15/h20H,3-11H2,1-2H3,(H,16,18). The fourth-order valence-electron chi connectivity index (χ4n) is 3.59. The van der Waals surface area contributed by atoms with E-state index in [2.05, 4.69) is 5.32 Å². The van der Waals surface area contributed by atoms with E-state index in [-0.39, 0.29) is 11.8 Å². The molecule has 0 atom stereocenters. The summed E-state index contributed by atoms with van der Waals surface area (Å²) in [5.74, 6) is -0.207. The van der Waals surface area contributed by atoms with E-state index in [0.29, 0.717) is 19.4 Å². The summed E-state index contributed by atoms with van der Waals surface area (Å²) >= 11 is 0. The van der Waals surface area contributed by atoms with Gasteiger partial charge in [0, 0.05) is 20.6 Å². The molecule has 2 saturated carbocycles. The zero-order chi connectivity index (χ0) is 14.8. The number of carbonyl (C=O) groups excluding carboxylic acids is 2. The zero-order valence-electron chi connectivity index (χ0n) is 12.6. The van der Waals surface area contributed by atoms with Crippen LogP contribution in [-0.2, 0) is 9.59 Å². The van der Waals surface area contributed by atoms with Gasteiger partial charge in [0.2, 0.25) is 5.91 Å². The average molecular weight is 282 g/mol. The predicted molar refractivity (Wildman–Crippen MR) is 76.0 cm³/mol. The Morgan fingerprint density at radius 3 is 2.05 bits per heavy atom. The number of amides is 2. The van der Waals surface area contributed by atoms with Crippen LogP contribution in [-0.4, -0.2) is 48.1 Å². The van der Waals surface area contributed by atoms with E-state index in [0.717, 1.165) is 38.5 Å². The van der Waals surface area contributed by atoms with Crippen molar-refractivity contribution in [3.8, 4) is 0 Å². The molecule has 0 aromatic heterocycles. The third kappa shape index (κ3) is 2.82. The van der Waals surface area contributed by atoms with Crippen LogP contribution in [0.5, 0.6) is 0 Å². The van der Waals surface area contributed by atoms with Crippen molar-refractivity contribution < 1.29 is 14.7 Å². The molecule has 2 aliphatic carbocycles. The predicted octanol–water partition coefficient (Wildman–Crippen LogP) is 1.06. The van der Waals surface area contributed by atoms with Gasteiger partial charge in [0.05, 0.1) is 5.41 Å². The lowest BCUT2D eigenvalue weighted by Crippen LogP contribution is -2.51. The van der Waals surface area contributed by atoms with Gasteiger partial charge in [-0.2, -0.15) is 0 Å². The molecule has 20 heavy (non-hydrogen) atoms. The molecule has 114 valence electrons. The minimum atomic E-state index is -1.21. The Morgan fingerprint density at radius 2 is 1.55 bits per heavy atom. The summed E-state index contributed by atoms with van der Waals surface area (Å²) in [7, 11) is 3.52. The van der Waals surface area contributed by atoms with Crippen molar-refractivity contribution >= 4 is 11.8 Å². The molecule has 0 aliphatic heterocycles. The third-order valence-electron chi connectivity index (χ3n) is 4.86. The molecule has 0 aromatic rings. The summed E-state index contributed by atoms with van der Waals surface area (Å²) in [6.07, 6.45) is 6.56. The molecule has 0 bridgehead atoms. The molecular formula is C15H26N2O3. The first kappa shape index (κ1) is 15.3. The van der Waals surface area contributed by atoms with Crippen LogP contribution in [0.2, 0.25) is 0 Å². The van der Waals surface area contributed by atoms with E-state index in [9.17, 15) is 14.7 Å². The number of aliphatic hydroxyl groups is 1. The van der Waals surface area contributed by atoms with Gasteiger partial charge >= 0.3 is 0 Å². The summed E-state index contributed by atoms with van der Waals surface area (Å²) in [5.41, 5.74) is -1.67. The van der Waals surface area contributed by atoms with Crippen LogP contribution in [0.3, 0.4) is 0 Å². The van der Waals surface area contributed by atoms with Gasteiger partial charge in [0.15, 0.2) is 0 Å². The number of nitrogens with zero attached hydrogens (tertiary/aromatic N) is 1. The van der Waals surface area contributed by atoms with Gasteiger partial charge in [-0.25, -0.2) is 0 Å². The Kier molecular flexibility index (Phi) is 4.37. The number of carbonyl (C=O) groups is 2. The summed E-state index contributed by atoms with van der Waals surface area (Å²) in [4.78, 5) is 26.2. The summed E-state index contributed by atoms with van der Waals surface area (Å²) in [6.45, 7) is 0.352. The summed E-state index contributed by atoms with van der Waals surface area (Å²) in [6, 6.07) is 0. The SMILES string of the molecule is CN(C)C(=O)C1(CNC(=O)C2(O)CCCC2)CCCC1. The van der Waals surface area contributed by atoms with E-state index >= 15 is 0 Å². The number of rotatable bonds is 4. The molecule has 0 saturated heterocycles. The Morgan fingerprint density at radius 1 is 1.05 bits per heavy atom. The van der Waals surface area contributed by atoms with E-state index in [1.807, 2.05) is 0 Å². The van der Waals surface area contributed by atoms with Gasteiger partial charge in [-0.15, -0.1) is 0 Å². The molecule has 2 N–H and O–H groups in total. The molecule has 2 aliphatic rings. The number of hydrogen-bond acceptors (Lipinski definition) is 3. The normalized spacial score (nSPS) is 23.6. The van der Waals surface area contributed by atoms with E-state index in [1.165, 1.54) is 0 Å². The highest BCUT2D eigenvalue weighted by molar-refractivity contribution is 5.87. The second-order valence-corrected chi connectivity index (χ2v) is 6.61. The minimum absolute atomic E-state index is 0.0914. The molecule has 5 nitrogen and oxygen atoms in total. The summed E-state index contributed by atoms with van der Waals surface area (Å²) in [5, 5.41) is 13.1. The monoisotopic (exact) mass is 282 g/mol. The molecular weight excluding hydrogens is 256 g/mol. The quantitative estimate of drug-likeness (QED) is 0.810. The highest BCUT2D eigenvalue weighted by Gasteiger charge is 2.44. The number of nitrogens with one attached hydrogen (secondary N) is 1. The molecule has 5 heteroatoms. The minimum Gasteiger partial charge on any atom is -0.380 e. The fourth-order valence-corrected chi connectivity index (χ4v) is 3.59. The summed E-state index contributed by atoms with van der Waals surface area (Å²) < 4.78 is 0. The van der Waals surface area contributed by atoms with Crippen molar-refractivity contribution in [3.05, 3.63) is 0 Å². The Hall–Kier alpha value is -1.10. The Labute approximate surface area is 120 Å². The van der Waals surface area contributed by atoms with Crippen LogP contribution in [0.15, 0.2) is 0 Å². The van der Waals surface area contributed by atoms with E-state index in [4.69, 9.17) is 0 Å². The van der Waals surface area contributed by atoms with Crippen LogP contribution < -0.4 is 5.32 Å². The maximum atomic E-state index is 12.4. The lowest BCUT2D eigenvalue weighted by atomic mass is 9.84. The van der Waals surface area contributed by atoms with Crippen molar-refractivity contribution in [2.75, 3.05) is 20.6 Å². The molecule has 2 fully saturated rings. The largest absolute Gasteiger partial charge is 0.380 e. The van der Waals surface area contributed by atoms with E-state index < -0.39 is 11.0 Å². The van der Waals surface area contributed by atoms with Crippen molar-refractivity contribution in [1.82, 2.24) is 10.2 Å². The second kappa shape index (κ2) is 5.72. The van der Waals surface area contributed by atoms with Gasteiger partial charge in [-0.1, -0.05) is 12.8 Å². The highest BCUT2D eigenvalue weighted by atomic mass is 16.3. The lowest BCUT2D eigenvalue weighted by Gasteiger charge is -2.32. The van der Waals surface area contributed by atoms with Gasteiger partial charge < -0.3 is 15.3 Å². The maximum absolute atomic E-state index is 12.4. The van der Waals surface area contributed by atoms with Gasteiger partial charge in [-0.05, 0) is 38.5 Å². The Balaban J connectivity index is 1.99.